The number of ether oxygens (including phenoxy) is 1. The molecule has 29 heavy (non-hydrogen) atoms. The number of hydrogen-bond acceptors (Lipinski definition) is 6. The minimum atomic E-state index is -3.30. The summed E-state index contributed by atoms with van der Waals surface area (Å²) in [5, 5.41) is 9.45. The molecule has 3 rings (SSSR count). The van der Waals surface area contributed by atoms with E-state index in [1.165, 1.54) is 0 Å². The van der Waals surface area contributed by atoms with E-state index in [9.17, 15) is 23.3 Å². The second-order valence-corrected chi connectivity index (χ2v) is 9.10. The van der Waals surface area contributed by atoms with Crippen LogP contribution in [0.5, 0.6) is 5.75 Å². The van der Waals surface area contributed by atoms with Crippen LogP contribution in [0.2, 0.25) is 0 Å². The standard InChI is InChI=1S/C21H20N2O5S/c1-3-9-28-17-6-4-15(5-7-17)11-18-14(2)19(12-22)21(25)23(20(18)24)16-8-10-29(26,27)13-16/h3-7,11,16H,1,8-10,13H2,2H3. The molecule has 0 spiro atoms. The predicted octanol–water partition coefficient (Wildman–Crippen LogP) is 2.03. The third-order valence-corrected chi connectivity index (χ3v) is 6.66. The molecule has 2 amide bonds. The first-order valence-corrected chi connectivity index (χ1v) is 10.8. The van der Waals surface area contributed by atoms with E-state index in [4.69, 9.17) is 4.74 Å². The number of rotatable bonds is 5. The van der Waals surface area contributed by atoms with Crippen molar-refractivity contribution >= 4 is 27.7 Å². The minimum absolute atomic E-state index is 0.0788. The molecule has 0 aromatic heterocycles. The first-order valence-electron chi connectivity index (χ1n) is 9.02. The van der Waals surface area contributed by atoms with Crippen LogP contribution in [0.1, 0.15) is 18.9 Å². The third kappa shape index (κ3) is 4.15. The lowest BCUT2D eigenvalue weighted by atomic mass is 9.92. The van der Waals surface area contributed by atoms with E-state index in [0.29, 0.717) is 17.9 Å². The quantitative estimate of drug-likeness (QED) is 0.416. The van der Waals surface area contributed by atoms with Gasteiger partial charge in [-0.3, -0.25) is 14.5 Å². The molecule has 2 heterocycles. The Kier molecular flexibility index (Phi) is 5.71. The summed E-state index contributed by atoms with van der Waals surface area (Å²) in [7, 11) is -3.30. The van der Waals surface area contributed by atoms with Crippen LogP contribution in [-0.4, -0.2) is 49.3 Å². The highest BCUT2D eigenvalue weighted by molar-refractivity contribution is 7.91. The summed E-state index contributed by atoms with van der Waals surface area (Å²) in [5.41, 5.74) is 1.02. The number of imide groups is 1. The lowest BCUT2D eigenvalue weighted by molar-refractivity contribution is -0.142. The largest absolute Gasteiger partial charge is 0.490 e. The van der Waals surface area contributed by atoms with Gasteiger partial charge in [-0.25, -0.2) is 8.42 Å². The summed E-state index contributed by atoms with van der Waals surface area (Å²) >= 11 is 0. The molecule has 1 fully saturated rings. The van der Waals surface area contributed by atoms with Crippen LogP contribution in [-0.2, 0) is 19.4 Å². The van der Waals surface area contributed by atoms with Crippen LogP contribution in [0.25, 0.3) is 6.08 Å². The molecule has 0 saturated carbocycles. The zero-order chi connectivity index (χ0) is 21.2. The van der Waals surface area contributed by atoms with Gasteiger partial charge in [0.2, 0.25) is 0 Å². The van der Waals surface area contributed by atoms with Crippen molar-refractivity contribution < 1.29 is 22.7 Å². The lowest BCUT2D eigenvalue weighted by Crippen LogP contribution is -2.49. The van der Waals surface area contributed by atoms with Crippen LogP contribution in [0, 0.1) is 11.3 Å². The maximum absolute atomic E-state index is 13.1. The monoisotopic (exact) mass is 412 g/mol. The van der Waals surface area contributed by atoms with Crippen molar-refractivity contribution in [1.82, 2.24) is 4.90 Å². The summed E-state index contributed by atoms with van der Waals surface area (Å²) < 4.78 is 29.1. The first-order chi connectivity index (χ1) is 13.8. The highest BCUT2D eigenvalue weighted by Crippen LogP contribution is 2.31. The summed E-state index contributed by atoms with van der Waals surface area (Å²) in [4.78, 5) is 26.7. The molecular formula is C21H20N2O5S. The van der Waals surface area contributed by atoms with E-state index in [0.717, 1.165) is 4.90 Å². The molecule has 1 unspecified atom stereocenters. The highest BCUT2D eigenvalue weighted by Gasteiger charge is 2.43. The molecule has 2 aliphatic heterocycles. The van der Waals surface area contributed by atoms with Crippen molar-refractivity contribution in [3.05, 3.63) is 59.2 Å². The van der Waals surface area contributed by atoms with E-state index in [1.807, 2.05) is 6.07 Å². The number of amides is 2. The van der Waals surface area contributed by atoms with Gasteiger partial charge in [0.05, 0.1) is 17.5 Å². The molecule has 0 aliphatic carbocycles. The molecule has 150 valence electrons. The molecule has 0 bridgehead atoms. The van der Waals surface area contributed by atoms with Gasteiger partial charge < -0.3 is 4.74 Å². The molecule has 1 saturated heterocycles. The van der Waals surface area contributed by atoms with Crippen LogP contribution >= 0.6 is 0 Å². The zero-order valence-electron chi connectivity index (χ0n) is 15.9. The molecule has 2 aliphatic rings. The normalized spacial score (nSPS) is 22.7. The second kappa shape index (κ2) is 8.05. The van der Waals surface area contributed by atoms with Crippen LogP contribution in [0.4, 0.5) is 0 Å². The van der Waals surface area contributed by atoms with Crippen molar-refractivity contribution in [2.24, 2.45) is 0 Å². The number of nitriles is 1. The highest BCUT2D eigenvalue weighted by atomic mass is 32.2. The Bertz CT molecular complexity index is 1080. The van der Waals surface area contributed by atoms with Crippen molar-refractivity contribution in [2.75, 3.05) is 18.1 Å². The van der Waals surface area contributed by atoms with Crippen LogP contribution in [0.3, 0.4) is 0 Å². The van der Waals surface area contributed by atoms with Crippen LogP contribution < -0.4 is 4.74 Å². The van der Waals surface area contributed by atoms with Gasteiger partial charge in [-0.1, -0.05) is 24.8 Å². The number of nitrogens with zero attached hydrogens (tertiary/aromatic N) is 2. The van der Waals surface area contributed by atoms with E-state index in [2.05, 4.69) is 6.58 Å². The topological polar surface area (TPSA) is 105 Å². The van der Waals surface area contributed by atoms with Gasteiger partial charge >= 0.3 is 0 Å². The molecule has 7 nitrogen and oxygen atoms in total. The van der Waals surface area contributed by atoms with Crippen molar-refractivity contribution in [2.45, 2.75) is 19.4 Å². The van der Waals surface area contributed by atoms with Gasteiger partial charge in [0, 0.05) is 5.57 Å². The van der Waals surface area contributed by atoms with E-state index in [1.54, 1.807) is 43.3 Å². The predicted molar refractivity (Wildman–Crippen MR) is 107 cm³/mol. The van der Waals surface area contributed by atoms with Gasteiger partial charge in [0.25, 0.3) is 11.8 Å². The Morgan fingerprint density at radius 1 is 1.28 bits per heavy atom. The Morgan fingerprint density at radius 3 is 2.52 bits per heavy atom. The Labute approximate surface area is 169 Å². The molecular weight excluding hydrogens is 392 g/mol. The molecule has 0 N–H and O–H groups in total. The molecule has 1 aromatic rings. The van der Waals surface area contributed by atoms with Crippen molar-refractivity contribution in [1.29, 1.82) is 5.26 Å². The smallest absolute Gasteiger partial charge is 0.271 e. The van der Waals surface area contributed by atoms with E-state index in [-0.39, 0.29) is 34.6 Å². The maximum Gasteiger partial charge on any atom is 0.271 e. The first kappa shape index (κ1) is 20.6. The Hall–Kier alpha value is -3.18. The average molecular weight is 412 g/mol. The maximum atomic E-state index is 13.1. The fraction of sp³-hybridized carbons (Fsp3) is 0.286. The van der Waals surface area contributed by atoms with E-state index < -0.39 is 27.7 Å². The number of hydrogen-bond donors (Lipinski definition) is 0. The van der Waals surface area contributed by atoms with Crippen molar-refractivity contribution in [3.8, 4) is 11.8 Å². The third-order valence-electron chi connectivity index (χ3n) is 4.91. The molecule has 1 atom stereocenters. The molecule has 1 aromatic carbocycles. The molecule has 0 radical (unpaired) electrons. The van der Waals surface area contributed by atoms with Crippen molar-refractivity contribution in [3.63, 3.8) is 0 Å². The molecule has 8 heteroatoms. The van der Waals surface area contributed by atoms with Crippen LogP contribution in [0.15, 0.2) is 53.6 Å². The van der Waals surface area contributed by atoms with Gasteiger partial charge in [0.15, 0.2) is 9.84 Å². The summed E-state index contributed by atoms with van der Waals surface area (Å²) in [5.74, 6) is -1.03. The Morgan fingerprint density at radius 2 is 1.97 bits per heavy atom. The summed E-state index contributed by atoms with van der Waals surface area (Å²) in [6, 6.07) is 8.08. The summed E-state index contributed by atoms with van der Waals surface area (Å²) in [6.07, 6.45) is 3.40. The van der Waals surface area contributed by atoms with Gasteiger partial charge in [-0.2, -0.15) is 5.26 Å². The van der Waals surface area contributed by atoms with Gasteiger partial charge in [-0.15, -0.1) is 0 Å². The fourth-order valence-corrected chi connectivity index (χ4v) is 5.09. The van der Waals surface area contributed by atoms with Gasteiger partial charge in [-0.05, 0) is 42.7 Å². The lowest BCUT2D eigenvalue weighted by Gasteiger charge is -2.31. The number of carbonyl (C=O) groups is 2. The SMILES string of the molecule is C=CCOc1ccc(C=C2C(=O)N(C3CCS(=O)(=O)C3)C(=O)C(C#N)=C2C)cc1. The number of benzene rings is 1. The summed E-state index contributed by atoms with van der Waals surface area (Å²) in [6.45, 7) is 5.50. The van der Waals surface area contributed by atoms with E-state index >= 15 is 0 Å². The fourth-order valence-electron chi connectivity index (χ4n) is 3.39. The average Bonchev–Trinajstić information content (AvgIpc) is 3.04. The van der Waals surface area contributed by atoms with Gasteiger partial charge in [0.1, 0.15) is 24.0 Å². The number of carbonyl (C=O) groups excluding carboxylic acids is 2. The minimum Gasteiger partial charge on any atom is -0.490 e. The second-order valence-electron chi connectivity index (χ2n) is 6.88. The number of sulfone groups is 1. The Balaban J connectivity index is 1.98. The zero-order valence-corrected chi connectivity index (χ0v) is 16.7.